The first-order valence-electron chi connectivity index (χ1n) is 12.2. The predicted molar refractivity (Wildman–Crippen MR) is 128 cm³/mol. The van der Waals surface area contributed by atoms with E-state index in [-0.39, 0.29) is 29.0 Å². The van der Waals surface area contributed by atoms with Crippen molar-refractivity contribution in [3.63, 3.8) is 0 Å². The molecule has 0 aromatic carbocycles. The monoisotopic (exact) mass is 474 g/mol. The Balaban J connectivity index is 1.70. The Kier molecular flexibility index (Phi) is 6.70. The van der Waals surface area contributed by atoms with Crippen LogP contribution in [0.25, 0.3) is 0 Å². The third-order valence-electron chi connectivity index (χ3n) is 7.88. The summed E-state index contributed by atoms with van der Waals surface area (Å²) in [7, 11) is 1.65. The minimum absolute atomic E-state index is 0.0505. The number of pyridine rings is 1. The second kappa shape index (κ2) is 9.13. The van der Waals surface area contributed by atoms with Crippen LogP contribution in [0.2, 0.25) is 0 Å². The molecule has 1 saturated carbocycles. The van der Waals surface area contributed by atoms with Gasteiger partial charge in [-0.05, 0) is 46.0 Å². The number of allylic oxidation sites excluding steroid dienone is 1. The lowest BCUT2D eigenvalue weighted by atomic mass is 9.67. The van der Waals surface area contributed by atoms with Crippen molar-refractivity contribution in [3.05, 3.63) is 45.9 Å². The van der Waals surface area contributed by atoms with Crippen molar-refractivity contribution in [2.24, 2.45) is 11.8 Å². The predicted octanol–water partition coefficient (Wildman–Crippen LogP) is 4.13. The van der Waals surface area contributed by atoms with E-state index in [0.29, 0.717) is 18.7 Å². The average Bonchev–Trinajstić information content (AvgIpc) is 3.67. The van der Waals surface area contributed by atoms with Crippen molar-refractivity contribution in [2.75, 3.05) is 13.7 Å². The molecule has 1 spiro atoms. The number of methoxy groups -OCH3 is 1. The topological polar surface area (TPSA) is 108 Å². The van der Waals surface area contributed by atoms with Gasteiger partial charge in [0.15, 0.2) is 5.43 Å². The first kappa shape index (κ1) is 24.9. The van der Waals surface area contributed by atoms with E-state index in [1.807, 2.05) is 13.8 Å². The summed E-state index contributed by atoms with van der Waals surface area (Å²) in [5.74, 6) is -0.153. The van der Waals surface area contributed by atoms with E-state index in [9.17, 15) is 14.7 Å². The molecule has 2 aliphatic heterocycles. The van der Waals surface area contributed by atoms with Crippen LogP contribution in [0.4, 0.5) is 4.79 Å². The van der Waals surface area contributed by atoms with E-state index >= 15 is 0 Å². The molecule has 2 N–H and O–H groups in total. The number of ether oxygens (including phenoxy) is 3. The number of hydrogen-bond acceptors (Lipinski definition) is 5. The molecule has 3 aliphatic rings. The van der Waals surface area contributed by atoms with Crippen LogP contribution in [0.5, 0.6) is 0 Å². The molecule has 1 amide bonds. The number of carbonyl (C=O) groups is 1. The molecule has 4 rings (SSSR count). The smallest absolute Gasteiger partial charge is 0.408 e. The van der Waals surface area contributed by atoms with Gasteiger partial charge in [-0.25, -0.2) is 4.79 Å². The fourth-order valence-corrected chi connectivity index (χ4v) is 6.19. The van der Waals surface area contributed by atoms with Gasteiger partial charge < -0.3 is 24.3 Å². The molecule has 188 valence electrons. The van der Waals surface area contributed by atoms with Crippen LogP contribution in [0.3, 0.4) is 0 Å². The summed E-state index contributed by atoms with van der Waals surface area (Å²) in [6.45, 7) is 10.8. The molecule has 0 bridgehead atoms. The minimum atomic E-state index is -1.02. The molecule has 1 aliphatic carbocycles. The summed E-state index contributed by atoms with van der Waals surface area (Å²) in [4.78, 5) is 29.5. The zero-order valence-electron chi connectivity index (χ0n) is 21.0. The Hall–Kier alpha value is -2.16. The first-order valence-corrected chi connectivity index (χ1v) is 12.2. The van der Waals surface area contributed by atoms with E-state index in [0.717, 1.165) is 12.8 Å². The average molecular weight is 475 g/mol. The lowest BCUT2D eigenvalue weighted by molar-refractivity contribution is -0.102. The van der Waals surface area contributed by atoms with Crippen LogP contribution in [-0.2, 0) is 14.2 Å². The summed E-state index contributed by atoms with van der Waals surface area (Å²) in [6, 6.07) is 2.02. The van der Waals surface area contributed by atoms with Crippen LogP contribution in [0.15, 0.2) is 34.8 Å². The van der Waals surface area contributed by atoms with Gasteiger partial charge in [-0.2, -0.15) is 0 Å². The molecule has 8 heteroatoms. The van der Waals surface area contributed by atoms with Crippen molar-refractivity contribution in [1.29, 1.82) is 0 Å². The lowest BCUT2D eigenvalue weighted by Gasteiger charge is -2.49. The maximum Gasteiger partial charge on any atom is 0.408 e. The third-order valence-corrected chi connectivity index (χ3v) is 7.88. The molecule has 8 nitrogen and oxygen atoms in total. The summed E-state index contributed by atoms with van der Waals surface area (Å²) in [6.07, 6.45) is 4.57. The molecular weight excluding hydrogens is 436 g/mol. The molecule has 0 radical (unpaired) electrons. The fraction of sp³-hybridized carbons (Fsp3) is 0.692. The van der Waals surface area contributed by atoms with Crippen molar-refractivity contribution >= 4 is 6.09 Å². The van der Waals surface area contributed by atoms with Crippen molar-refractivity contribution in [3.8, 4) is 0 Å². The van der Waals surface area contributed by atoms with Crippen molar-refractivity contribution < 1.29 is 24.1 Å². The number of nitrogens with one attached hydrogen (secondary N) is 1. The van der Waals surface area contributed by atoms with Gasteiger partial charge in [0.2, 0.25) is 0 Å². The molecule has 3 heterocycles. The highest BCUT2D eigenvalue weighted by atomic mass is 16.6. The maximum absolute atomic E-state index is 12.8. The number of carboxylic acid groups (broad SMARTS) is 1. The molecule has 3 fully saturated rings. The first-order chi connectivity index (χ1) is 16.0. The lowest BCUT2D eigenvalue weighted by Crippen LogP contribution is -2.61. The Morgan fingerprint density at radius 1 is 1.41 bits per heavy atom. The number of aromatic nitrogens is 1. The molecule has 1 aromatic rings. The van der Waals surface area contributed by atoms with Gasteiger partial charge in [0.25, 0.3) is 0 Å². The van der Waals surface area contributed by atoms with Gasteiger partial charge in [-0.3, -0.25) is 9.69 Å². The zero-order chi connectivity index (χ0) is 24.8. The Labute approximate surface area is 201 Å². The van der Waals surface area contributed by atoms with E-state index in [1.54, 1.807) is 13.3 Å². The van der Waals surface area contributed by atoms with Crippen molar-refractivity contribution in [2.45, 2.75) is 89.4 Å². The Morgan fingerprint density at radius 2 is 2.12 bits per heavy atom. The zero-order valence-corrected chi connectivity index (χ0v) is 21.0. The van der Waals surface area contributed by atoms with Crippen LogP contribution in [0, 0.1) is 11.8 Å². The molecule has 2 saturated heterocycles. The summed E-state index contributed by atoms with van der Waals surface area (Å²) in [5, 5.41) is 10.4. The van der Waals surface area contributed by atoms with Gasteiger partial charge in [0.05, 0.1) is 36.5 Å². The van der Waals surface area contributed by atoms with Gasteiger partial charge in [0, 0.05) is 37.1 Å². The van der Waals surface area contributed by atoms with Crippen molar-refractivity contribution in [1.82, 2.24) is 9.88 Å². The fourth-order valence-electron chi connectivity index (χ4n) is 6.19. The van der Waals surface area contributed by atoms with E-state index in [1.165, 1.54) is 22.6 Å². The number of hydrogen-bond donors (Lipinski definition) is 2. The van der Waals surface area contributed by atoms with E-state index in [2.05, 4.69) is 31.8 Å². The molecular formula is C26H38N2O6. The van der Waals surface area contributed by atoms with Gasteiger partial charge in [-0.15, -0.1) is 0 Å². The van der Waals surface area contributed by atoms with Gasteiger partial charge in [-0.1, -0.05) is 25.5 Å². The Bertz CT molecular complexity index is 995. The quantitative estimate of drug-likeness (QED) is 0.433. The SMILES string of the molecule is CO[C@@H]1[C@H](N(C(=O)O)[C@H](c2cc(=O)cc[nH]2)C(C)C)CC[C@]2(CO2)[C@H]1[C@@]1(C)O[C@@H]1CC=C(C)C. The highest BCUT2D eigenvalue weighted by Gasteiger charge is 2.72. The van der Waals surface area contributed by atoms with Gasteiger partial charge >= 0.3 is 6.09 Å². The van der Waals surface area contributed by atoms with Crippen LogP contribution in [-0.4, -0.2) is 64.3 Å². The molecule has 34 heavy (non-hydrogen) atoms. The molecule has 0 unspecified atom stereocenters. The minimum Gasteiger partial charge on any atom is -0.465 e. The van der Waals surface area contributed by atoms with Crippen LogP contribution in [0.1, 0.15) is 65.6 Å². The number of rotatable bonds is 8. The third kappa shape index (κ3) is 4.43. The highest BCUT2D eigenvalue weighted by molar-refractivity contribution is 5.66. The standard InChI is InChI=1S/C26H38N2O6/c1-15(2)7-8-20-25(5,34-20)23-22(32-6)19(9-11-26(23)14-33-26)28(24(30)31)21(16(3)4)18-13-17(29)10-12-27-18/h7,10,12-13,16,19-23H,8-9,11,14H2,1-6H3,(H,27,29)(H,30,31)/t19-,20-,21+,22-,23-,25+,26+/m1/s1. The van der Waals surface area contributed by atoms with Crippen LogP contribution < -0.4 is 5.43 Å². The maximum atomic E-state index is 12.8. The number of nitrogens with zero attached hydrogens (tertiary/aromatic N) is 1. The second-order valence-electron chi connectivity index (χ2n) is 10.8. The van der Waals surface area contributed by atoms with Gasteiger partial charge in [0.1, 0.15) is 5.60 Å². The normalized spacial score (nSPS) is 35.1. The molecule has 7 atom stereocenters. The number of H-pyrrole nitrogens is 1. The van der Waals surface area contributed by atoms with Crippen LogP contribution >= 0.6 is 0 Å². The summed E-state index contributed by atoms with van der Waals surface area (Å²) < 4.78 is 18.4. The Morgan fingerprint density at radius 3 is 2.65 bits per heavy atom. The number of amides is 1. The number of epoxide rings is 2. The van der Waals surface area contributed by atoms with E-state index in [4.69, 9.17) is 14.2 Å². The summed E-state index contributed by atoms with van der Waals surface area (Å²) in [5.41, 5.74) is 0.911. The molecule has 1 aromatic heterocycles. The number of aromatic amines is 1. The second-order valence-corrected chi connectivity index (χ2v) is 10.8. The van der Waals surface area contributed by atoms with E-state index < -0.39 is 29.9 Å². The summed E-state index contributed by atoms with van der Waals surface area (Å²) >= 11 is 0. The largest absolute Gasteiger partial charge is 0.465 e. The highest BCUT2D eigenvalue weighted by Crippen LogP contribution is 2.60.